The standard InChI is InChI=1S/C25H28N4O5/c1-34-20-7-8-21-18(13-20)14-29(23(21)32)15-25(16-30,27-24(26)33)19-9-11-28(12-10-19)22(31)17-5-3-2-4-6-17/h2-8,13,16,19H,9-12,14-15H2,1H3,(H3,26,27,33). The summed E-state index contributed by atoms with van der Waals surface area (Å²) in [4.78, 5) is 53.5. The number of urea groups is 1. The Morgan fingerprint density at radius 1 is 1.18 bits per heavy atom. The third kappa shape index (κ3) is 4.46. The van der Waals surface area contributed by atoms with Crippen LogP contribution in [-0.4, -0.2) is 66.2 Å². The van der Waals surface area contributed by atoms with Crippen LogP contribution in [0.5, 0.6) is 5.75 Å². The zero-order valence-electron chi connectivity index (χ0n) is 19.0. The van der Waals surface area contributed by atoms with Crippen molar-refractivity contribution in [3.8, 4) is 5.75 Å². The number of piperidine rings is 1. The van der Waals surface area contributed by atoms with Crippen molar-refractivity contribution in [1.82, 2.24) is 15.1 Å². The van der Waals surface area contributed by atoms with E-state index in [1.54, 1.807) is 47.2 Å². The van der Waals surface area contributed by atoms with Gasteiger partial charge in [0.25, 0.3) is 11.8 Å². The van der Waals surface area contributed by atoms with Gasteiger partial charge < -0.3 is 30.4 Å². The summed E-state index contributed by atoms with van der Waals surface area (Å²) in [5, 5.41) is 2.63. The number of amides is 4. The molecule has 3 N–H and O–H groups in total. The molecule has 0 saturated carbocycles. The third-order valence-electron chi connectivity index (χ3n) is 6.74. The van der Waals surface area contributed by atoms with Crippen LogP contribution in [0, 0.1) is 5.92 Å². The molecule has 1 atom stereocenters. The van der Waals surface area contributed by atoms with Crippen LogP contribution >= 0.6 is 0 Å². The molecule has 2 aromatic rings. The molecule has 9 heteroatoms. The topological polar surface area (TPSA) is 122 Å². The molecule has 4 rings (SSSR count). The first-order chi connectivity index (χ1) is 16.4. The number of methoxy groups -OCH3 is 1. The van der Waals surface area contributed by atoms with Crippen molar-refractivity contribution in [2.75, 3.05) is 26.7 Å². The summed E-state index contributed by atoms with van der Waals surface area (Å²) in [7, 11) is 1.55. The molecule has 2 aliphatic rings. The Morgan fingerprint density at radius 2 is 1.88 bits per heavy atom. The molecule has 1 unspecified atom stereocenters. The van der Waals surface area contributed by atoms with Gasteiger partial charge in [0.1, 0.15) is 17.6 Å². The van der Waals surface area contributed by atoms with Gasteiger partial charge >= 0.3 is 6.03 Å². The highest BCUT2D eigenvalue weighted by molar-refractivity contribution is 5.99. The molecule has 1 fully saturated rings. The van der Waals surface area contributed by atoms with Gasteiger partial charge in [0.15, 0.2) is 0 Å². The maximum atomic E-state index is 13.0. The monoisotopic (exact) mass is 464 g/mol. The molecule has 9 nitrogen and oxygen atoms in total. The number of hydrogen-bond acceptors (Lipinski definition) is 5. The Kier molecular flexibility index (Phi) is 6.54. The molecule has 178 valence electrons. The van der Waals surface area contributed by atoms with Crippen LogP contribution in [0.25, 0.3) is 0 Å². The predicted octanol–water partition coefficient (Wildman–Crippen LogP) is 1.81. The second-order valence-electron chi connectivity index (χ2n) is 8.76. The molecule has 34 heavy (non-hydrogen) atoms. The molecule has 1 saturated heterocycles. The largest absolute Gasteiger partial charge is 0.497 e. The number of carbonyl (C=O) groups excluding carboxylic acids is 4. The Labute approximate surface area is 197 Å². The second-order valence-corrected chi connectivity index (χ2v) is 8.76. The molecule has 0 bridgehead atoms. The van der Waals surface area contributed by atoms with Gasteiger partial charge in [-0.1, -0.05) is 18.2 Å². The second kappa shape index (κ2) is 9.54. The van der Waals surface area contributed by atoms with E-state index in [0.717, 1.165) is 5.56 Å². The lowest BCUT2D eigenvalue weighted by Gasteiger charge is -2.43. The van der Waals surface area contributed by atoms with Crippen LogP contribution in [0.4, 0.5) is 4.79 Å². The number of nitrogens with one attached hydrogen (secondary N) is 1. The number of carbonyl (C=O) groups is 4. The number of benzene rings is 2. The molecule has 0 radical (unpaired) electrons. The lowest BCUT2D eigenvalue weighted by atomic mass is 9.78. The fourth-order valence-corrected chi connectivity index (χ4v) is 4.95. The van der Waals surface area contributed by atoms with Crippen molar-refractivity contribution in [1.29, 1.82) is 0 Å². The Morgan fingerprint density at radius 3 is 2.50 bits per heavy atom. The summed E-state index contributed by atoms with van der Waals surface area (Å²) in [5.41, 5.74) is 6.05. The zero-order chi connectivity index (χ0) is 24.3. The summed E-state index contributed by atoms with van der Waals surface area (Å²) in [6, 6.07) is 13.4. The summed E-state index contributed by atoms with van der Waals surface area (Å²) < 4.78 is 5.25. The highest BCUT2D eigenvalue weighted by Gasteiger charge is 2.45. The molecular weight excluding hydrogens is 436 g/mol. The van der Waals surface area contributed by atoms with Gasteiger partial charge in [-0.3, -0.25) is 9.59 Å². The van der Waals surface area contributed by atoms with Gasteiger partial charge in [-0.05, 0) is 54.7 Å². The van der Waals surface area contributed by atoms with E-state index >= 15 is 0 Å². The first-order valence-corrected chi connectivity index (χ1v) is 11.2. The Hall–Kier alpha value is -3.88. The molecule has 2 aromatic carbocycles. The fourth-order valence-electron chi connectivity index (χ4n) is 4.95. The lowest BCUT2D eigenvalue weighted by Crippen LogP contribution is -2.64. The van der Waals surface area contributed by atoms with Crippen LogP contribution < -0.4 is 15.8 Å². The molecule has 2 heterocycles. The number of nitrogens with two attached hydrogens (primary N) is 1. The number of aldehydes is 1. The van der Waals surface area contributed by atoms with Crippen LogP contribution in [0.3, 0.4) is 0 Å². The summed E-state index contributed by atoms with van der Waals surface area (Å²) in [6.45, 7) is 1.15. The van der Waals surface area contributed by atoms with E-state index in [0.29, 0.717) is 55.6 Å². The molecule has 0 aromatic heterocycles. The number of nitrogens with zero attached hydrogens (tertiary/aromatic N) is 2. The third-order valence-corrected chi connectivity index (χ3v) is 6.74. The van der Waals surface area contributed by atoms with Gasteiger partial charge in [0.2, 0.25) is 0 Å². The fraction of sp³-hybridized carbons (Fsp3) is 0.360. The first-order valence-electron chi connectivity index (χ1n) is 11.2. The quantitative estimate of drug-likeness (QED) is 0.605. The van der Waals surface area contributed by atoms with Crippen LogP contribution in [0.2, 0.25) is 0 Å². The summed E-state index contributed by atoms with van der Waals surface area (Å²) in [6.07, 6.45) is 1.66. The normalized spacial score (nSPS) is 17.6. The van der Waals surface area contributed by atoms with E-state index in [-0.39, 0.29) is 24.3 Å². The number of hydrogen-bond donors (Lipinski definition) is 2. The van der Waals surface area contributed by atoms with E-state index < -0.39 is 11.6 Å². The zero-order valence-corrected chi connectivity index (χ0v) is 19.0. The van der Waals surface area contributed by atoms with Crippen molar-refractivity contribution in [3.05, 3.63) is 65.2 Å². The summed E-state index contributed by atoms with van der Waals surface area (Å²) in [5.74, 6) is 0.0636. The van der Waals surface area contributed by atoms with E-state index in [4.69, 9.17) is 10.5 Å². The highest BCUT2D eigenvalue weighted by atomic mass is 16.5. The first kappa shape index (κ1) is 23.3. The van der Waals surface area contributed by atoms with Crippen molar-refractivity contribution >= 4 is 24.1 Å². The van der Waals surface area contributed by atoms with Crippen molar-refractivity contribution in [2.24, 2.45) is 11.7 Å². The summed E-state index contributed by atoms with van der Waals surface area (Å²) >= 11 is 0. The van der Waals surface area contributed by atoms with E-state index in [9.17, 15) is 19.2 Å². The van der Waals surface area contributed by atoms with Gasteiger partial charge in [0.05, 0.1) is 13.7 Å². The minimum absolute atomic E-state index is 0.00737. The van der Waals surface area contributed by atoms with Gasteiger partial charge in [-0.25, -0.2) is 4.79 Å². The number of fused-ring (bicyclic) bond motifs is 1. The lowest BCUT2D eigenvalue weighted by molar-refractivity contribution is -0.116. The highest BCUT2D eigenvalue weighted by Crippen LogP contribution is 2.33. The average Bonchev–Trinajstić information content (AvgIpc) is 3.17. The smallest absolute Gasteiger partial charge is 0.313 e. The van der Waals surface area contributed by atoms with E-state index in [1.165, 1.54) is 0 Å². The van der Waals surface area contributed by atoms with Crippen LogP contribution in [0.15, 0.2) is 48.5 Å². The maximum Gasteiger partial charge on any atom is 0.313 e. The number of rotatable bonds is 7. The molecule has 0 spiro atoms. The van der Waals surface area contributed by atoms with Gasteiger partial charge in [-0.2, -0.15) is 0 Å². The van der Waals surface area contributed by atoms with E-state index in [1.807, 2.05) is 18.2 Å². The van der Waals surface area contributed by atoms with E-state index in [2.05, 4.69) is 5.32 Å². The minimum Gasteiger partial charge on any atom is -0.497 e. The molecule has 0 aliphatic carbocycles. The Bertz CT molecular complexity index is 1100. The SMILES string of the molecule is COc1ccc2c(c1)CN(CC(C=O)(NC(N)=O)C1CCN(C(=O)c3ccccc3)CC1)C2=O. The van der Waals surface area contributed by atoms with Gasteiger partial charge in [0, 0.05) is 30.8 Å². The van der Waals surface area contributed by atoms with Gasteiger partial charge in [-0.15, -0.1) is 0 Å². The predicted molar refractivity (Wildman–Crippen MR) is 124 cm³/mol. The van der Waals surface area contributed by atoms with Crippen molar-refractivity contribution in [2.45, 2.75) is 24.9 Å². The molecule has 2 aliphatic heterocycles. The Balaban J connectivity index is 1.51. The number of primary amides is 1. The average molecular weight is 465 g/mol. The minimum atomic E-state index is -1.35. The molecule has 4 amide bonds. The molecular formula is C25H28N4O5. The van der Waals surface area contributed by atoms with Crippen molar-refractivity contribution < 1.29 is 23.9 Å². The number of ether oxygens (including phenoxy) is 1. The maximum absolute atomic E-state index is 13.0. The number of likely N-dealkylation sites (tertiary alicyclic amines) is 1. The van der Waals surface area contributed by atoms with Crippen molar-refractivity contribution in [3.63, 3.8) is 0 Å². The van der Waals surface area contributed by atoms with Crippen LogP contribution in [0.1, 0.15) is 39.1 Å². The van der Waals surface area contributed by atoms with Crippen LogP contribution in [-0.2, 0) is 11.3 Å².